The fourth-order valence-corrected chi connectivity index (χ4v) is 5.06. The van der Waals surface area contributed by atoms with Gasteiger partial charge in [-0.05, 0) is 54.7 Å². The molecule has 0 bridgehead atoms. The van der Waals surface area contributed by atoms with Crippen molar-refractivity contribution in [2.75, 3.05) is 13.2 Å². The van der Waals surface area contributed by atoms with Gasteiger partial charge in [0.2, 0.25) is 0 Å². The van der Waals surface area contributed by atoms with Crippen molar-refractivity contribution in [3.63, 3.8) is 0 Å². The number of nitrogens with one attached hydrogen (secondary N) is 1. The van der Waals surface area contributed by atoms with Crippen LogP contribution in [0.1, 0.15) is 34.5 Å². The van der Waals surface area contributed by atoms with Gasteiger partial charge in [-0.15, -0.1) is 0 Å². The fraction of sp³-hybridized carbons (Fsp3) is 0.333. The van der Waals surface area contributed by atoms with Crippen molar-refractivity contribution in [1.82, 2.24) is 29.9 Å². The van der Waals surface area contributed by atoms with Crippen molar-refractivity contribution in [2.45, 2.75) is 25.3 Å². The van der Waals surface area contributed by atoms with Gasteiger partial charge in [0, 0.05) is 43.5 Å². The predicted octanol–water partition coefficient (Wildman–Crippen LogP) is 3.38. The lowest BCUT2D eigenvalue weighted by Gasteiger charge is -2.53. The molecule has 8 heteroatoms. The van der Waals surface area contributed by atoms with Crippen LogP contribution >= 0.6 is 0 Å². The third kappa shape index (κ3) is 4.37. The normalized spacial score (nSPS) is 16.6. The quantitative estimate of drug-likeness (QED) is 0.469. The minimum Gasteiger partial charge on any atom is -0.380 e. The zero-order valence-electron chi connectivity index (χ0n) is 19.9. The number of carbonyl (C=O) groups excluding carboxylic acids is 1. The Morgan fingerprint density at radius 1 is 0.943 bits per heavy atom. The lowest BCUT2D eigenvalue weighted by atomic mass is 9.64. The summed E-state index contributed by atoms with van der Waals surface area (Å²) in [6, 6.07) is 16.4. The van der Waals surface area contributed by atoms with Crippen LogP contribution in [0.25, 0.3) is 22.6 Å². The van der Waals surface area contributed by atoms with Crippen molar-refractivity contribution in [3.8, 4) is 22.6 Å². The molecule has 6 rings (SSSR count). The van der Waals surface area contributed by atoms with Crippen LogP contribution in [0, 0.1) is 5.41 Å². The molecule has 2 fully saturated rings. The Labute approximate surface area is 203 Å². The highest BCUT2D eigenvalue weighted by Crippen LogP contribution is 2.46. The monoisotopic (exact) mass is 468 g/mol. The van der Waals surface area contributed by atoms with Crippen LogP contribution in [0.3, 0.4) is 0 Å². The van der Waals surface area contributed by atoms with Crippen molar-refractivity contribution in [2.24, 2.45) is 19.5 Å². The molecule has 4 aromatic rings. The third-order valence-corrected chi connectivity index (χ3v) is 6.98. The molecule has 4 heterocycles. The molecule has 2 aliphatic rings. The standard InChI is InChI=1S/C27H28N6O2/c1-32-9-7-22(30-32)20-5-3-18(4-6-20)11-19-12-24(23-8-10-33(2)31-23)29-25(13-19)26(34)28-21-14-27(15-21)16-35-17-27/h3-10,12-13,21H,11,14-17H2,1-2H3,(H,28,34). The van der Waals surface area contributed by atoms with E-state index in [4.69, 9.17) is 4.74 Å². The van der Waals surface area contributed by atoms with Gasteiger partial charge in [-0.25, -0.2) is 4.98 Å². The van der Waals surface area contributed by atoms with E-state index < -0.39 is 0 Å². The van der Waals surface area contributed by atoms with E-state index in [0.29, 0.717) is 23.2 Å². The first-order chi connectivity index (χ1) is 16.9. The van der Waals surface area contributed by atoms with Gasteiger partial charge in [-0.1, -0.05) is 24.3 Å². The Morgan fingerprint density at radius 3 is 2.23 bits per heavy atom. The summed E-state index contributed by atoms with van der Waals surface area (Å²) in [5.41, 5.74) is 6.39. The summed E-state index contributed by atoms with van der Waals surface area (Å²) >= 11 is 0. The number of hydrogen-bond acceptors (Lipinski definition) is 5. The van der Waals surface area contributed by atoms with Gasteiger partial charge >= 0.3 is 0 Å². The van der Waals surface area contributed by atoms with Crippen LogP contribution in [0.15, 0.2) is 60.9 Å². The van der Waals surface area contributed by atoms with Gasteiger partial charge in [0.25, 0.3) is 5.91 Å². The number of pyridine rings is 1. The minimum atomic E-state index is -0.130. The number of hydrogen-bond donors (Lipinski definition) is 1. The predicted molar refractivity (Wildman–Crippen MR) is 132 cm³/mol. The number of benzene rings is 1. The molecule has 1 aliphatic heterocycles. The summed E-state index contributed by atoms with van der Waals surface area (Å²) in [7, 11) is 3.79. The maximum atomic E-state index is 13.1. The summed E-state index contributed by atoms with van der Waals surface area (Å²) in [5, 5.41) is 12.1. The third-order valence-electron chi connectivity index (χ3n) is 6.98. The molecule has 1 saturated heterocycles. The van der Waals surface area contributed by atoms with Crippen molar-refractivity contribution < 1.29 is 9.53 Å². The van der Waals surface area contributed by atoms with Crippen LogP contribution in [0.2, 0.25) is 0 Å². The highest BCUT2D eigenvalue weighted by Gasteiger charge is 2.50. The lowest BCUT2D eigenvalue weighted by Crippen LogP contribution is -2.59. The first kappa shape index (κ1) is 21.7. The second-order valence-corrected chi connectivity index (χ2v) is 9.94. The van der Waals surface area contributed by atoms with Gasteiger partial charge < -0.3 is 10.1 Å². The van der Waals surface area contributed by atoms with Crippen molar-refractivity contribution >= 4 is 5.91 Å². The highest BCUT2D eigenvalue weighted by atomic mass is 16.5. The molecule has 3 aromatic heterocycles. The molecule has 1 N–H and O–H groups in total. The molecular formula is C27H28N6O2. The molecule has 0 radical (unpaired) electrons. The molecule has 0 unspecified atom stereocenters. The van der Waals surface area contributed by atoms with Gasteiger partial charge in [0.1, 0.15) is 11.4 Å². The summed E-state index contributed by atoms with van der Waals surface area (Å²) in [4.78, 5) is 17.8. The summed E-state index contributed by atoms with van der Waals surface area (Å²) in [6.07, 6.45) is 6.47. The average Bonchev–Trinajstić information content (AvgIpc) is 3.43. The SMILES string of the molecule is Cn1ccc(-c2ccc(Cc3cc(C(=O)NC4CC5(COC5)C4)nc(-c4ccn(C)n4)c3)cc2)n1. The van der Waals surface area contributed by atoms with E-state index >= 15 is 0 Å². The Hall–Kier alpha value is -3.78. The molecule has 1 amide bonds. The molecule has 1 aromatic carbocycles. The highest BCUT2D eigenvalue weighted by molar-refractivity contribution is 5.93. The van der Waals surface area contributed by atoms with Gasteiger partial charge in [0.15, 0.2) is 0 Å². The molecule has 8 nitrogen and oxygen atoms in total. The number of amides is 1. The molecule has 0 atom stereocenters. The van der Waals surface area contributed by atoms with E-state index in [2.05, 4.69) is 44.8 Å². The van der Waals surface area contributed by atoms with Crippen LogP contribution in [0.4, 0.5) is 0 Å². The van der Waals surface area contributed by atoms with E-state index in [0.717, 1.165) is 54.1 Å². The first-order valence-corrected chi connectivity index (χ1v) is 11.9. The van der Waals surface area contributed by atoms with Crippen LogP contribution < -0.4 is 5.32 Å². The van der Waals surface area contributed by atoms with E-state index in [1.807, 2.05) is 50.8 Å². The molecule has 1 spiro atoms. The average molecular weight is 469 g/mol. The number of aryl methyl sites for hydroxylation is 2. The zero-order valence-corrected chi connectivity index (χ0v) is 19.9. The summed E-state index contributed by atoms with van der Waals surface area (Å²) in [6.45, 7) is 1.63. The maximum Gasteiger partial charge on any atom is 0.270 e. The Kier molecular flexibility index (Phi) is 5.25. The zero-order chi connectivity index (χ0) is 24.0. The van der Waals surface area contributed by atoms with Crippen molar-refractivity contribution in [1.29, 1.82) is 0 Å². The van der Waals surface area contributed by atoms with E-state index in [1.165, 1.54) is 0 Å². The molecule has 35 heavy (non-hydrogen) atoms. The topological polar surface area (TPSA) is 86.9 Å². The van der Waals surface area contributed by atoms with Crippen LogP contribution in [0.5, 0.6) is 0 Å². The summed E-state index contributed by atoms with van der Waals surface area (Å²) < 4.78 is 8.90. The molecule has 1 saturated carbocycles. The number of ether oxygens (including phenoxy) is 1. The second-order valence-electron chi connectivity index (χ2n) is 9.94. The minimum absolute atomic E-state index is 0.130. The fourth-order valence-electron chi connectivity index (χ4n) is 5.06. The largest absolute Gasteiger partial charge is 0.380 e. The first-order valence-electron chi connectivity index (χ1n) is 11.9. The number of carbonyl (C=O) groups is 1. The molecular weight excluding hydrogens is 440 g/mol. The van der Waals surface area contributed by atoms with Gasteiger partial charge in [-0.2, -0.15) is 10.2 Å². The molecule has 1 aliphatic carbocycles. The van der Waals surface area contributed by atoms with E-state index in [1.54, 1.807) is 9.36 Å². The number of nitrogens with zero attached hydrogens (tertiary/aromatic N) is 5. The number of aromatic nitrogens is 5. The maximum absolute atomic E-state index is 13.1. The summed E-state index contributed by atoms with van der Waals surface area (Å²) in [5.74, 6) is -0.130. The Balaban J connectivity index is 1.24. The molecule has 178 valence electrons. The van der Waals surface area contributed by atoms with Gasteiger partial charge in [0.05, 0.1) is 24.6 Å². The van der Waals surface area contributed by atoms with Crippen LogP contribution in [-0.2, 0) is 25.3 Å². The Morgan fingerprint density at radius 2 is 1.63 bits per heavy atom. The smallest absolute Gasteiger partial charge is 0.270 e. The lowest BCUT2D eigenvalue weighted by molar-refractivity contribution is -0.165. The Bertz CT molecular complexity index is 1370. The van der Waals surface area contributed by atoms with Gasteiger partial charge in [-0.3, -0.25) is 14.2 Å². The second kappa shape index (κ2) is 8.46. The van der Waals surface area contributed by atoms with E-state index in [-0.39, 0.29) is 11.9 Å². The number of rotatable bonds is 6. The van der Waals surface area contributed by atoms with Crippen molar-refractivity contribution in [3.05, 3.63) is 77.7 Å². The van der Waals surface area contributed by atoms with Crippen LogP contribution in [-0.4, -0.2) is 49.7 Å². The van der Waals surface area contributed by atoms with E-state index in [9.17, 15) is 4.79 Å².